The summed E-state index contributed by atoms with van der Waals surface area (Å²) in [4.78, 5) is 14.8. The van der Waals surface area contributed by atoms with Gasteiger partial charge in [-0.1, -0.05) is 36.4 Å². The monoisotopic (exact) mass is 368 g/mol. The van der Waals surface area contributed by atoms with Crippen molar-refractivity contribution in [2.24, 2.45) is 0 Å². The van der Waals surface area contributed by atoms with Crippen LogP contribution in [0.1, 0.15) is 38.8 Å². The molecule has 0 saturated heterocycles. The number of amides is 1. The Morgan fingerprint density at radius 2 is 1.81 bits per heavy atom. The number of hydrogen-bond acceptors (Lipinski definition) is 4. The van der Waals surface area contributed by atoms with Crippen LogP contribution in [0.4, 0.5) is 0 Å². The van der Waals surface area contributed by atoms with Crippen LogP contribution in [0.5, 0.6) is 11.5 Å². The maximum absolute atomic E-state index is 12.9. The first-order valence-electron chi connectivity index (χ1n) is 9.35. The molecule has 144 valence electrons. The lowest BCUT2D eigenvalue weighted by molar-refractivity contribution is -0.132. The molecule has 27 heavy (non-hydrogen) atoms. The molecule has 1 aliphatic heterocycles. The molecule has 3 rings (SSSR count). The summed E-state index contributed by atoms with van der Waals surface area (Å²) in [5.41, 5.74) is 1.82. The second kappa shape index (κ2) is 8.01. The second-order valence-corrected chi connectivity index (χ2v) is 7.65. The van der Waals surface area contributed by atoms with E-state index in [1.54, 1.807) is 0 Å². The van der Waals surface area contributed by atoms with Crippen LogP contribution in [0.25, 0.3) is 0 Å². The van der Waals surface area contributed by atoms with Crippen LogP contribution in [-0.2, 0) is 16.9 Å². The van der Waals surface area contributed by atoms with Crippen molar-refractivity contribution in [3.8, 4) is 11.5 Å². The van der Waals surface area contributed by atoms with Crippen molar-refractivity contribution in [1.82, 2.24) is 10.2 Å². The van der Waals surface area contributed by atoms with Crippen LogP contribution in [0.2, 0.25) is 0 Å². The third-order valence-corrected chi connectivity index (χ3v) is 4.92. The molecule has 5 heteroatoms. The quantitative estimate of drug-likeness (QED) is 0.810. The molecule has 0 fully saturated rings. The summed E-state index contributed by atoms with van der Waals surface area (Å²) in [7, 11) is 0. The smallest absolute Gasteiger partial charge is 0.237 e. The van der Waals surface area contributed by atoms with Crippen LogP contribution >= 0.6 is 0 Å². The Bertz CT molecular complexity index is 787. The Balaban J connectivity index is 1.65. The standard InChI is InChI=1S/C22H28N2O3/c1-16(2)24(14-17-8-6-5-7-9-17)21(25)13-23-22(3,4)18-10-11-19-20(12-18)27-15-26-19/h5-12,16,23H,13-15H2,1-4H3. The average molecular weight is 368 g/mol. The molecule has 5 nitrogen and oxygen atoms in total. The highest BCUT2D eigenvalue weighted by Crippen LogP contribution is 2.35. The zero-order valence-electron chi connectivity index (χ0n) is 16.5. The number of carbonyl (C=O) groups is 1. The first-order chi connectivity index (χ1) is 12.9. The molecule has 0 atom stereocenters. The maximum Gasteiger partial charge on any atom is 0.237 e. The van der Waals surface area contributed by atoms with E-state index in [0.29, 0.717) is 6.54 Å². The Morgan fingerprint density at radius 1 is 1.11 bits per heavy atom. The van der Waals surface area contributed by atoms with Gasteiger partial charge in [0.05, 0.1) is 6.54 Å². The second-order valence-electron chi connectivity index (χ2n) is 7.65. The van der Waals surface area contributed by atoms with Gasteiger partial charge < -0.3 is 14.4 Å². The van der Waals surface area contributed by atoms with Crippen molar-refractivity contribution in [2.75, 3.05) is 13.3 Å². The van der Waals surface area contributed by atoms with Crippen molar-refractivity contribution >= 4 is 5.91 Å². The molecule has 0 saturated carbocycles. The summed E-state index contributed by atoms with van der Waals surface area (Å²) < 4.78 is 10.8. The number of fused-ring (bicyclic) bond motifs is 1. The highest BCUT2D eigenvalue weighted by molar-refractivity contribution is 5.78. The lowest BCUT2D eigenvalue weighted by Crippen LogP contribution is -2.46. The van der Waals surface area contributed by atoms with E-state index in [4.69, 9.17) is 9.47 Å². The predicted octanol–water partition coefficient (Wildman–Crippen LogP) is 3.68. The van der Waals surface area contributed by atoms with Gasteiger partial charge in [-0.25, -0.2) is 0 Å². The van der Waals surface area contributed by atoms with E-state index in [9.17, 15) is 4.79 Å². The van der Waals surface area contributed by atoms with E-state index in [2.05, 4.69) is 19.2 Å². The van der Waals surface area contributed by atoms with Crippen molar-refractivity contribution < 1.29 is 14.3 Å². The number of hydrogen-bond donors (Lipinski definition) is 1. The van der Waals surface area contributed by atoms with Crippen molar-refractivity contribution in [2.45, 2.75) is 45.8 Å². The van der Waals surface area contributed by atoms with E-state index in [0.717, 1.165) is 22.6 Å². The molecular formula is C22H28N2O3. The van der Waals surface area contributed by atoms with Gasteiger partial charge in [-0.3, -0.25) is 10.1 Å². The van der Waals surface area contributed by atoms with Crippen LogP contribution in [0.15, 0.2) is 48.5 Å². The van der Waals surface area contributed by atoms with Gasteiger partial charge in [-0.15, -0.1) is 0 Å². The molecule has 0 aliphatic carbocycles. The normalized spacial score (nSPS) is 13.1. The molecule has 0 unspecified atom stereocenters. The third-order valence-electron chi connectivity index (χ3n) is 4.92. The van der Waals surface area contributed by atoms with E-state index < -0.39 is 0 Å². The maximum atomic E-state index is 12.9. The fourth-order valence-electron chi connectivity index (χ4n) is 3.12. The van der Waals surface area contributed by atoms with Gasteiger partial charge in [0.2, 0.25) is 12.7 Å². The number of nitrogens with one attached hydrogen (secondary N) is 1. The van der Waals surface area contributed by atoms with Crippen molar-refractivity contribution in [3.05, 3.63) is 59.7 Å². The van der Waals surface area contributed by atoms with Gasteiger partial charge in [-0.2, -0.15) is 0 Å². The van der Waals surface area contributed by atoms with Crippen molar-refractivity contribution in [3.63, 3.8) is 0 Å². The van der Waals surface area contributed by atoms with Gasteiger partial charge in [0, 0.05) is 18.1 Å². The summed E-state index contributed by atoms with van der Waals surface area (Å²) in [6.07, 6.45) is 0. The summed E-state index contributed by atoms with van der Waals surface area (Å²) in [5, 5.41) is 3.40. The molecule has 0 bridgehead atoms. The summed E-state index contributed by atoms with van der Waals surface area (Å²) in [6.45, 7) is 9.36. The lowest BCUT2D eigenvalue weighted by atomic mass is 9.94. The Hall–Kier alpha value is -2.53. The van der Waals surface area contributed by atoms with Crippen molar-refractivity contribution in [1.29, 1.82) is 0 Å². The largest absolute Gasteiger partial charge is 0.454 e. The molecular weight excluding hydrogens is 340 g/mol. The Labute approximate surface area is 161 Å². The molecule has 0 spiro atoms. The number of benzene rings is 2. The summed E-state index contributed by atoms with van der Waals surface area (Å²) in [6, 6.07) is 16.1. The van der Waals surface area contributed by atoms with E-state index >= 15 is 0 Å². The molecule has 2 aromatic carbocycles. The van der Waals surface area contributed by atoms with Crippen LogP contribution in [-0.4, -0.2) is 30.2 Å². The first-order valence-corrected chi connectivity index (χ1v) is 9.35. The van der Waals surface area contributed by atoms with E-state index in [-0.39, 0.29) is 30.8 Å². The Morgan fingerprint density at radius 3 is 2.52 bits per heavy atom. The Kier molecular flexibility index (Phi) is 5.71. The molecule has 1 N–H and O–H groups in total. The zero-order valence-corrected chi connectivity index (χ0v) is 16.5. The minimum atomic E-state index is -0.369. The van der Waals surface area contributed by atoms with Gasteiger partial charge in [-0.05, 0) is 51.0 Å². The van der Waals surface area contributed by atoms with Gasteiger partial charge in [0.1, 0.15) is 0 Å². The topological polar surface area (TPSA) is 50.8 Å². The summed E-state index contributed by atoms with van der Waals surface area (Å²) in [5.74, 6) is 1.60. The summed E-state index contributed by atoms with van der Waals surface area (Å²) >= 11 is 0. The van der Waals surface area contributed by atoms with E-state index in [1.807, 2.05) is 67.3 Å². The van der Waals surface area contributed by atoms with Crippen LogP contribution < -0.4 is 14.8 Å². The highest BCUT2D eigenvalue weighted by atomic mass is 16.7. The minimum Gasteiger partial charge on any atom is -0.454 e. The average Bonchev–Trinajstić information content (AvgIpc) is 3.12. The molecule has 1 aliphatic rings. The minimum absolute atomic E-state index is 0.0858. The van der Waals surface area contributed by atoms with Gasteiger partial charge in [0.25, 0.3) is 0 Å². The highest BCUT2D eigenvalue weighted by Gasteiger charge is 2.26. The van der Waals surface area contributed by atoms with Crippen LogP contribution in [0.3, 0.4) is 0 Å². The number of rotatable bonds is 7. The number of ether oxygens (including phenoxy) is 2. The molecule has 0 radical (unpaired) electrons. The molecule has 2 aromatic rings. The third kappa shape index (κ3) is 4.61. The van der Waals surface area contributed by atoms with E-state index in [1.165, 1.54) is 0 Å². The SMILES string of the molecule is CC(C)N(Cc1ccccc1)C(=O)CNC(C)(C)c1ccc2c(c1)OCO2. The number of nitrogens with zero attached hydrogens (tertiary/aromatic N) is 1. The number of carbonyl (C=O) groups excluding carboxylic acids is 1. The zero-order chi connectivity index (χ0) is 19.4. The lowest BCUT2D eigenvalue weighted by Gasteiger charge is -2.31. The molecule has 1 amide bonds. The fraction of sp³-hybridized carbons (Fsp3) is 0.409. The van der Waals surface area contributed by atoms with Crippen LogP contribution in [0, 0.1) is 0 Å². The fourth-order valence-corrected chi connectivity index (χ4v) is 3.12. The van der Waals surface area contributed by atoms with Gasteiger partial charge in [0.15, 0.2) is 11.5 Å². The first kappa shape index (κ1) is 19.2. The van der Waals surface area contributed by atoms with Gasteiger partial charge >= 0.3 is 0 Å². The molecule has 0 aromatic heterocycles. The predicted molar refractivity (Wildman–Crippen MR) is 106 cm³/mol. The molecule has 1 heterocycles.